The lowest BCUT2D eigenvalue weighted by Gasteiger charge is -2.35. The topological polar surface area (TPSA) is 49.4 Å². The first-order chi connectivity index (χ1) is 8.34. The highest BCUT2D eigenvalue weighted by Gasteiger charge is 2.34. The number of benzene rings is 1. The number of nitrogens with one attached hydrogen (secondary N) is 1. The zero-order chi connectivity index (χ0) is 13.5. The van der Waals surface area contributed by atoms with Crippen molar-refractivity contribution in [3.63, 3.8) is 0 Å². The Morgan fingerprint density at radius 1 is 1.32 bits per heavy atom. The van der Waals surface area contributed by atoms with Crippen LogP contribution in [0.1, 0.15) is 0 Å². The average molecular weight is 411 g/mol. The largest absolute Gasteiger partial charge is 0.313 e. The van der Waals surface area contributed by atoms with Gasteiger partial charge in [-0.05, 0) is 12.1 Å². The highest BCUT2D eigenvalue weighted by molar-refractivity contribution is 9.10. The second-order valence-corrected chi connectivity index (χ2v) is 7.70. The monoisotopic (exact) mass is 408 g/mol. The third-order valence-corrected chi connectivity index (χ3v) is 6.16. The molecule has 0 atom stereocenters. The highest BCUT2D eigenvalue weighted by Crippen LogP contribution is 2.35. The number of hydrogen-bond acceptors (Lipinski definition) is 3. The molecule has 0 unspecified atom stereocenters. The summed E-state index contributed by atoms with van der Waals surface area (Å²) in [7, 11) is -2.13. The Hall–Kier alpha value is 0.440. The van der Waals surface area contributed by atoms with Crippen molar-refractivity contribution < 1.29 is 8.42 Å². The van der Waals surface area contributed by atoms with Crippen molar-refractivity contribution in [2.45, 2.75) is 10.9 Å². The minimum Gasteiger partial charge on any atom is -0.313 e. The van der Waals surface area contributed by atoms with E-state index in [2.05, 4.69) is 21.2 Å². The molecule has 1 aliphatic heterocycles. The summed E-state index contributed by atoms with van der Waals surface area (Å²) in [5.74, 6) is 0. The van der Waals surface area contributed by atoms with Gasteiger partial charge in [-0.1, -0.05) is 39.1 Å². The van der Waals surface area contributed by atoms with E-state index in [4.69, 9.17) is 23.2 Å². The van der Waals surface area contributed by atoms with Crippen molar-refractivity contribution in [1.29, 1.82) is 0 Å². The van der Waals surface area contributed by atoms with Crippen LogP contribution in [0.15, 0.2) is 21.5 Å². The van der Waals surface area contributed by atoms with Crippen LogP contribution in [0.5, 0.6) is 0 Å². The van der Waals surface area contributed by atoms with Gasteiger partial charge in [-0.3, -0.25) is 0 Å². The van der Waals surface area contributed by atoms with Crippen LogP contribution in [-0.4, -0.2) is 38.9 Å². The third kappa shape index (κ3) is 3.37. The fraction of sp³-hybridized carbons (Fsp3) is 0.400. The minimum absolute atomic E-state index is 0. The summed E-state index contributed by atoms with van der Waals surface area (Å²) >= 11 is 15.2. The molecule has 19 heavy (non-hydrogen) atoms. The first-order valence-electron chi connectivity index (χ1n) is 5.17. The van der Waals surface area contributed by atoms with Gasteiger partial charge in [0, 0.05) is 30.7 Å². The molecule has 0 saturated carbocycles. The van der Waals surface area contributed by atoms with Crippen molar-refractivity contribution in [1.82, 2.24) is 9.62 Å². The lowest BCUT2D eigenvalue weighted by molar-refractivity contribution is 0.274. The van der Waals surface area contributed by atoms with Crippen molar-refractivity contribution in [3.8, 4) is 0 Å². The fourth-order valence-electron chi connectivity index (χ4n) is 1.65. The molecular formula is C10H12BrCl3N2O2S. The van der Waals surface area contributed by atoms with E-state index in [0.717, 1.165) is 0 Å². The lowest BCUT2D eigenvalue weighted by Crippen LogP contribution is -2.57. The van der Waals surface area contributed by atoms with Gasteiger partial charge in [-0.25, -0.2) is 8.42 Å². The summed E-state index contributed by atoms with van der Waals surface area (Å²) in [6.45, 7) is 1.28. The van der Waals surface area contributed by atoms with E-state index >= 15 is 0 Å². The van der Waals surface area contributed by atoms with E-state index in [1.807, 2.05) is 0 Å². The molecule has 0 amide bonds. The van der Waals surface area contributed by atoms with Gasteiger partial charge in [-0.15, -0.1) is 12.4 Å². The van der Waals surface area contributed by atoms with Gasteiger partial charge in [0.2, 0.25) is 10.0 Å². The predicted molar refractivity (Wildman–Crippen MR) is 83.0 cm³/mol. The zero-order valence-corrected chi connectivity index (χ0v) is 14.6. The molecular weight excluding hydrogens is 398 g/mol. The van der Waals surface area contributed by atoms with E-state index in [1.165, 1.54) is 23.5 Å². The molecule has 2 rings (SSSR count). The molecule has 1 fully saturated rings. The van der Waals surface area contributed by atoms with Crippen LogP contribution < -0.4 is 5.32 Å². The summed E-state index contributed by atoms with van der Waals surface area (Å²) in [6, 6.07) is 2.99. The van der Waals surface area contributed by atoms with Gasteiger partial charge in [0.25, 0.3) is 0 Å². The van der Waals surface area contributed by atoms with Crippen LogP contribution in [0.3, 0.4) is 0 Å². The Kier molecular flexibility index (Phi) is 5.96. The van der Waals surface area contributed by atoms with Gasteiger partial charge in [-0.2, -0.15) is 4.31 Å². The standard InChI is InChI=1S/C10H11BrCl2N2O2S.ClH/c1-15(7-4-14-5-7)18(16,17)10-8(12)2-6(11)3-9(10)13;/h2-3,7,14H,4-5H2,1H3;1H. The normalized spacial score (nSPS) is 16.1. The average Bonchev–Trinajstić information content (AvgIpc) is 2.11. The summed E-state index contributed by atoms with van der Waals surface area (Å²) in [5.41, 5.74) is 0. The zero-order valence-electron chi connectivity index (χ0n) is 9.86. The van der Waals surface area contributed by atoms with Gasteiger partial charge in [0.05, 0.1) is 10.0 Å². The molecule has 0 aliphatic carbocycles. The second kappa shape index (κ2) is 6.47. The van der Waals surface area contributed by atoms with Crippen LogP contribution in [0.4, 0.5) is 0 Å². The quantitative estimate of drug-likeness (QED) is 0.834. The minimum atomic E-state index is -3.67. The third-order valence-electron chi connectivity index (χ3n) is 2.87. The van der Waals surface area contributed by atoms with Crippen molar-refractivity contribution in [2.75, 3.05) is 20.1 Å². The molecule has 4 nitrogen and oxygen atoms in total. The molecule has 0 radical (unpaired) electrons. The van der Waals surface area contributed by atoms with Gasteiger partial charge in [0.15, 0.2) is 0 Å². The molecule has 1 aromatic carbocycles. The number of sulfonamides is 1. The Bertz CT molecular complexity index is 555. The first-order valence-corrected chi connectivity index (χ1v) is 8.16. The maximum atomic E-state index is 12.4. The van der Waals surface area contributed by atoms with Crippen LogP contribution >= 0.6 is 51.5 Å². The number of hydrogen-bond donors (Lipinski definition) is 1. The Labute approximate surface area is 137 Å². The summed E-state index contributed by atoms with van der Waals surface area (Å²) in [4.78, 5) is -0.0385. The number of likely N-dealkylation sites (N-methyl/N-ethyl adjacent to an activating group) is 1. The van der Waals surface area contributed by atoms with Crippen LogP contribution in [0, 0.1) is 0 Å². The van der Waals surface area contributed by atoms with E-state index < -0.39 is 10.0 Å². The van der Waals surface area contributed by atoms with Gasteiger partial charge in [0.1, 0.15) is 4.90 Å². The maximum absolute atomic E-state index is 12.4. The van der Waals surface area contributed by atoms with Crippen LogP contribution in [0.25, 0.3) is 0 Å². The molecule has 1 N–H and O–H groups in total. The molecule has 9 heteroatoms. The molecule has 108 valence electrons. The van der Waals surface area contributed by atoms with Crippen molar-refractivity contribution in [3.05, 3.63) is 26.7 Å². The molecule has 1 aliphatic rings. The Morgan fingerprint density at radius 2 is 1.79 bits per heavy atom. The maximum Gasteiger partial charge on any atom is 0.246 e. The lowest BCUT2D eigenvalue weighted by atomic mass is 10.2. The Balaban J connectivity index is 0.00000180. The van der Waals surface area contributed by atoms with Crippen molar-refractivity contribution in [2.24, 2.45) is 0 Å². The molecule has 0 bridgehead atoms. The van der Waals surface area contributed by atoms with E-state index in [1.54, 1.807) is 0 Å². The van der Waals surface area contributed by atoms with Gasteiger partial charge >= 0.3 is 0 Å². The summed E-state index contributed by atoms with van der Waals surface area (Å²) < 4.78 is 26.8. The number of halogens is 4. The fourth-order valence-corrected chi connectivity index (χ4v) is 4.88. The predicted octanol–water partition coefficient (Wildman–Crippen LogP) is 2.77. The molecule has 1 heterocycles. The summed E-state index contributed by atoms with van der Waals surface area (Å²) in [5, 5.41) is 3.26. The second-order valence-electron chi connectivity index (χ2n) is 4.03. The molecule has 1 saturated heterocycles. The van der Waals surface area contributed by atoms with E-state index in [0.29, 0.717) is 17.6 Å². The first kappa shape index (κ1) is 17.5. The molecule has 0 spiro atoms. The SMILES string of the molecule is CN(C1CNC1)S(=O)(=O)c1c(Cl)cc(Br)cc1Cl.Cl. The molecule has 0 aromatic heterocycles. The van der Waals surface area contributed by atoms with Crippen LogP contribution in [0.2, 0.25) is 10.0 Å². The number of nitrogens with zero attached hydrogens (tertiary/aromatic N) is 1. The molecule has 1 aromatic rings. The highest BCUT2D eigenvalue weighted by atomic mass is 79.9. The van der Waals surface area contributed by atoms with E-state index in [9.17, 15) is 8.42 Å². The van der Waals surface area contributed by atoms with Crippen LogP contribution in [-0.2, 0) is 10.0 Å². The smallest absolute Gasteiger partial charge is 0.246 e. The van der Waals surface area contributed by atoms with Crippen molar-refractivity contribution >= 4 is 61.6 Å². The Morgan fingerprint density at radius 3 is 2.16 bits per heavy atom. The van der Waals surface area contributed by atoms with E-state index in [-0.39, 0.29) is 33.4 Å². The number of rotatable bonds is 3. The van der Waals surface area contributed by atoms with Gasteiger partial charge < -0.3 is 5.32 Å². The summed E-state index contributed by atoms with van der Waals surface area (Å²) in [6.07, 6.45) is 0.